The molecule has 0 aliphatic rings. The maximum Gasteiger partial charge on any atom is 0.321 e. The van der Waals surface area contributed by atoms with Gasteiger partial charge < -0.3 is 14.2 Å². The van der Waals surface area contributed by atoms with Crippen molar-refractivity contribution >= 4 is 17.9 Å². The first-order valence-corrected chi connectivity index (χ1v) is 6.92. The van der Waals surface area contributed by atoms with Gasteiger partial charge in [0.1, 0.15) is 0 Å². The summed E-state index contributed by atoms with van der Waals surface area (Å²) in [6, 6.07) is 0. The van der Waals surface area contributed by atoms with Crippen LogP contribution in [0.3, 0.4) is 0 Å². The van der Waals surface area contributed by atoms with Crippen molar-refractivity contribution in [3.8, 4) is 0 Å². The molecule has 0 N–H and O–H groups in total. The molecule has 0 bridgehead atoms. The molecule has 0 rings (SSSR count). The number of nitrogens with zero attached hydrogens (tertiary/aromatic N) is 1. The minimum atomic E-state index is -2.01. The van der Waals surface area contributed by atoms with E-state index in [9.17, 15) is 24.5 Å². The van der Waals surface area contributed by atoms with Gasteiger partial charge in [-0.1, -0.05) is 20.8 Å². The number of ether oxygens (including phenoxy) is 3. The third-order valence-corrected chi connectivity index (χ3v) is 2.76. The molecular formula is C13H21NO8. The van der Waals surface area contributed by atoms with E-state index >= 15 is 0 Å². The van der Waals surface area contributed by atoms with Gasteiger partial charge in [-0.2, -0.15) is 0 Å². The smallest absolute Gasteiger partial charge is 0.321 e. The number of hydrogen-bond donors (Lipinski definition) is 0. The number of esters is 3. The van der Waals surface area contributed by atoms with Gasteiger partial charge in [-0.3, -0.25) is 24.5 Å². The molecule has 0 amide bonds. The Morgan fingerprint density at radius 3 is 1.27 bits per heavy atom. The van der Waals surface area contributed by atoms with E-state index in [1.165, 1.54) is 20.8 Å². The maximum atomic E-state index is 11.4. The molecule has 0 fully saturated rings. The monoisotopic (exact) mass is 319 g/mol. The quantitative estimate of drug-likeness (QED) is 0.251. The molecule has 22 heavy (non-hydrogen) atoms. The van der Waals surface area contributed by atoms with Crippen molar-refractivity contribution in [1.82, 2.24) is 0 Å². The fourth-order valence-corrected chi connectivity index (χ4v) is 1.23. The van der Waals surface area contributed by atoms with E-state index in [1.54, 1.807) is 0 Å². The second-order valence-electron chi connectivity index (χ2n) is 4.52. The van der Waals surface area contributed by atoms with Crippen molar-refractivity contribution < 1.29 is 33.5 Å². The molecule has 0 saturated heterocycles. The summed E-state index contributed by atoms with van der Waals surface area (Å²) < 4.78 is 14.4. The zero-order valence-electron chi connectivity index (χ0n) is 13.0. The van der Waals surface area contributed by atoms with Crippen LogP contribution in [0.5, 0.6) is 0 Å². The van der Waals surface area contributed by atoms with Gasteiger partial charge in [0.05, 0.1) is 0 Å². The molecular weight excluding hydrogens is 298 g/mol. The molecule has 0 spiro atoms. The average Bonchev–Trinajstić information content (AvgIpc) is 2.52. The molecule has 9 heteroatoms. The first kappa shape index (κ1) is 19.8. The average molecular weight is 319 g/mol. The van der Waals surface area contributed by atoms with E-state index in [2.05, 4.69) is 0 Å². The Hall–Kier alpha value is -2.19. The van der Waals surface area contributed by atoms with Crippen LogP contribution < -0.4 is 0 Å². The minimum absolute atomic E-state index is 0.0390. The Kier molecular flexibility index (Phi) is 8.73. The summed E-state index contributed by atoms with van der Waals surface area (Å²) in [4.78, 5) is 44.2. The highest BCUT2D eigenvalue weighted by Crippen LogP contribution is 2.15. The summed E-state index contributed by atoms with van der Waals surface area (Å²) in [6.07, 6.45) is 0.117. The van der Waals surface area contributed by atoms with Gasteiger partial charge in [-0.05, 0) is 0 Å². The van der Waals surface area contributed by atoms with Gasteiger partial charge in [0.25, 0.3) is 0 Å². The first-order valence-electron chi connectivity index (χ1n) is 6.92. The number of rotatable bonds is 10. The summed E-state index contributed by atoms with van der Waals surface area (Å²) >= 11 is 0. The Bertz CT molecular complexity index is 370. The summed E-state index contributed by atoms with van der Waals surface area (Å²) in [6.45, 7) is 2.64. The predicted octanol–water partition coefficient (Wildman–Crippen LogP) is 0.862. The van der Waals surface area contributed by atoms with E-state index in [-0.39, 0.29) is 19.3 Å². The van der Waals surface area contributed by atoms with Crippen molar-refractivity contribution in [2.45, 2.75) is 45.6 Å². The van der Waals surface area contributed by atoms with E-state index in [0.717, 1.165) is 0 Å². The van der Waals surface area contributed by atoms with Crippen molar-refractivity contribution in [3.63, 3.8) is 0 Å². The molecule has 0 aromatic heterocycles. The molecule has 0 aliphatic heterocycles. The van der Waals surface area contributed by atoms with Crippen LogP contribution in [0.2, 0.25) is 0 Å². The van der Waals surface area contributed by atoms with Crippen LogP contribution in [0.4, 0.5) is 0 Å². The zero-order valence-corrected chi connectivity index (χ0v) is 13.0. The highest BCUT2D eigenvalue weighted by atomic mass is 16.7. The van der Waals surface area contributed by atoms with Crippen LogP contribution in [0.1, 0.15) is 40.0 Å². The van der Waals surface area contributed by atoms with Crippen LogP contribution in [0.25, 0.3) is 0 Å². The second-order valence-corrected chi connectivity index (χ2v) is 4.52. The number of carbonyl (C=O) groups is 3. The van der Waals surface area contributed by atoms with Crippen molar-refractivity contribution in [2.75, 3.05) is 19.8 Å². The summed E-state index contributed by atoms with van der Waals surface area (Å²) in [5.74, 6) is -1.93. The van der Waals surface area contributed by atoms with E-state index < -0.39 is 48.2 Å². The molecule has 9 nitrogen and oxygen atoms in total. The standard InChI is InChI=1S/C13H21NO8/c1-4-10(15)20-7-13(14(18)19,8-21-11(16)5-2)9-22-12(17)6-3/h4-9H2,1-3H3. The van der Waals surface area contributed by atoms with Gasteiger partial charge in [0.15, 0.2) is 19.8 Å². The Balaban J connectivity index is 5.07. The van der Waals surface area contributed by atoms with Crippen molar-refractivity contribution in [2.24, 2.45) is 0 Å². The predicted molar refractivity (Wildman–Crippen MR) is 73.5 cm³/mol. The van der Waals surface area contributed by atoms with Crippen molar-refractivity contribution in [1.29, 1.82) is 0 Å². The van der Waals surface area contributed by atoms with Crippen LogP contribution >= 0.6 is 0 Å². The van der Waals surface area contributed by atoms with Gasteiger partial charge in [-0.25, -0.2) is 0 Å². The third-order valence-electron chi connectivity index (χ3n) is 2.76. The lowest BCUT2D eigenvalue weighted by Crippen LogP contribution is -2.52. The molecule has 0 radical (unpaired) electrons. The lowest BCUT2D eigenvalue weighted by molar-refractivity contribution is -0.579. The van der Waals surface area contributed by atoms with E-state index in [1.807, 2.05) is 0 Å². The van der Waals surface area contributed by atoms with Crippen LogP contribution in [0, 0.1) is 10.1 Å². The Morgan fingerprint density at radius 2 is 1.09 bits per heavy atom. The Labute approximate surface area is 128 Å². The van der Waals surface area contributed by atoms with Crippen LogP contribution in [0.15, 0.2) is 0 Å². The minimum Gasteiger partial charge on any atom is -0.458 e. The molecule has 0 aromatic carbocycles. The molecule has 0 heterocycles. The van der Waals surface area contributed by atoms with Crippen LogP contribution in [-0.4, -0.2) is 48.2 Å². The van der Waals surface area contributed by atoms with Gasteiger partial charge in [0.2, 0.25) is 0 Å². The fraction of sp³-hybridized carbons (Fsp3) is 0.769. The largest absolute Gasteiger partial charge is 0.458 e. The van der Waals surface area contributed by atoms with Gasteiger partial charge in [0, 0.05) is 24.2 Å². The number of carbonyl (C=O) groups excluding carboxylic acids is 3. The van der Waals surface area contributed by atoms with Gasteiger partial charge >= 0.3 is 23.4 Å². The van der Waals surface area contributed by atoms with Gasteiger partial charge in [-0.15, -0.1) is 0 Å². The highest BCUT2D eigenvalue weighted by Gasteiger charge is 2.48. The highest BCUT2D eigenvalue weighted by molar-refractivity contribution is 5.70. The molecule has 0 aliphatic carbocycles. The van der Waals surface area contributed by atoms with Crippen molar-refractivity contribution in [3.05, 3.63) is 10.1 Å². The summed E-state index contributed by atoms with van der Waals surface area (Å²) in [5.41, 5.74) is -2.01. The Morgan fingerprint density at radius 1 is 0.818 bits per heavy atom. The fourth-order valence-electron chi connectivity index (χ4n) is 1.23. The molecule has 0 saturated carbocycles. The first-order chi connectivity index (χ1) is 10.3. The zero-order chi connectivity index (χ0) is 17.2. The lowest BCUT2D eigenvalue weighted by Gasteiger charge is -2.24. The van der Waals surface area contributed by atoms with E-state index in [0.29, 0.717) is 0 Å². The van der Waals surface area contributed by atoms with Crippen LogP contribution in [-0.2, 0) is 28.6 Å². The normalized spacial score (nSPS) is 10.7. The summed E-state index contributed by atoms with van der Waals surface area (Å²) in [5, 5.41) is 11.4. The SMILES string of the molecule is CCC(=O)OCC(COC(=O)CC)(COC(=O)CC)[N+](=O)[O-]. The second kappa shape index (κ2) is 9.69. The topological polar surface area (TPSA) is 122 Å². The molecule has 0 aromatic rings. The third kappa shape index (κ3) is 6.51. The number of hydrogen-bond acceptors (Lipinski definition) is 8. The number of nitro groups is 1. The molecule has 0 unspecified atom stereocenters. The van der Waals surface area contributed by atoms with E-state index in [4.69, 9.17) is 14.2 Å². The molecule has 0 atom stereocenters. The maximum absolute atomic E-state index is 11.4. The summed E-state index contributed by atoms with van der Waals surface area (Å²) in [7, 11) is 0. The molecule has 126 valence electrons. The lowest BCUT2D eigenvalue weighted by atomic mass is 10.0.